The minimum atomic E-state index is -0.313. The molecule has 1 amide bonds. The molecule has 4 aromatic rings. The smallest absolute Gasteiger partial charge is 0.282 e. The molecule has 1 aromatic heterocycles. The highest BCUT2D eigenvalue weighted by atomic mass is 79.9. The van der Waals surface area contributed by atoms with Gasteiger partial charge in [-0.25, -0.2) is 4.98 Å². The van der Waals surface area contributed by atoms with E-state index in [1.807, 2.05) is 36.4 Å². The van der Waals surface area contributed by atoms with Crippen LogP contribution < -0.4 is 10.3 Å². The summed E-state index contributed by atoms with van der Waals surface area (Å²) in [4.78, 5) is 32.5. The van der Waals surface area contributed by atoms with Gasteiger partial charge in [-0.15, -0.1) is 0 Å². The van der Waals surface area contributed by atoms with Crippen LogP contribution in [0.15, 0.2) is 81.1 Å². The molecule has 10 heteroatoms. The van der Waals surface area contributed by atoms with Crippen LogP contribution in [0.1, 0.15) is 5.56 Å². The van der Waals surface area contributed by atoms with Crippen LogP contribution in [-0.4, -0.2) is 59.6 Å². The molecule has 8 nitrogen and oxygen atoms in total. The van der Waals surface area contributed by atoms with Crippen LogP contribution in [0.25, 0.3) is 22.3 Å². The number of carbonyl (C=O) groups is 1. The van der Waals surface area contributed by atoms with Crippen molar-refractivity contribution in [3.8, 4) is 17.1 Å². The first-order valence-electron chi connectivity index (χ1n) is 11.6. The van der Waals surface area contributed by atoms with Crippen molar-refractivity contribution in [1.82, 2.24) is 14.6 Å². The molecule has 1 fully saturated rings. The van der Waals surface area contributed by atoms with E-state index >= 15 is 0 Å². The van der Waals surface area contributed by atoms with Crippen LogP contribution in [0, 0.1) is 0 Å². The number of morpholine rings is 1. The quantitative estimate of drug-likeness (QED) is 0.311. The molecule has 0 spiro atoms. The number of halogens is 2. The summed E-state index contributed by atoms with van der Waals surface area (Å²) in [5.41, 5.74) is 1.50. The Bertz CT molecular complexity index is 1540. The van der Waals surface area contributed by atoms with Crippen molar-refractivity contribution in [2.24, 2.45) is 5.10 Å². The number of rotatable bonds is 6. The number of ether oxygens (including phenoxy) is 2. The van der Waals surface area contributed by atoms with Gasteiger partial charge in [0.15, 0.2) is 12.4 Å². The molecular weight excluding hydrogens is 560 g/mol. The molecule has 1 aliphatic heterocycles. The monoisotopic (exact) mass is 580 g/mol. The number of aromatic nitrogens is 2. The predicted octanol–water partition coefficient (Wildman–Crippen LogP) is 4.60. The van der Waals surface area contributed by atoms with Crippen LogP contribution in [-0.2, 0) is 9.53 Å². The molecule has 1 saturated heterocycles. The molecule has 0 radical (unpaired) electrons. The number of para-hydroxylation sites is 1. The summed E-state index contributed by atoms with van der Waals surface area (Å²) in [6, 6.07) is 19.8. The van der Waals surface area contributed by atoms with Gasteiger partial charge in [0.2, 0.25) is 0 Å². The molecule has 0 bridgehead atoms. The second-order valence-corrected chi connectivity index (χ2v) is 9.56. The molecule has 0 atom stereocenters. The van der Waals surface area contributed by atoms with E-state index in [4.69, 9.17) is 26.1 Å². The fourth-order valence-electron chi connectivity index (χ4n) is 3.99. The zero-order chi connectivity index (χ0) is 25.8. The van der Waals surface area contributed by atoms with Gasteiger partial charge in [0.05, 0.1) is 34.8 Å². The second kappa shape index (κ2) is 11.2. The Morgan fingerprint density at radius 2 is 1.84 bits per heavy atom. The van der Waals surface area contributed by atoms with E-state index in [9.17, 15) is 9.59 Å². The molecule has 0 unspecified atom stereocenters. The molecule has 3 aromatic carbocycles. The summed E-state index contributed by atoms with van der Waals surface area (Å²) in [7, 11) is 0. The van der Waals surface area contributed by atoms with Gasteiger partial charge in [-0.05, 0) is 40.2 Å². The Hall–Kier alpha value is -3.53. The third-order valence-electron chi connectivity index (χ3n) is 5.84. The number of benzene rings is 3. The van der Waals surface area contributed by atoms with Crippen molar-refractivity contribution < 1.29 is 14.3 Å². The fraction of sp³-hybridized carbons (Fsp3) is 0.185. The van der Waals surface area contributed by atoms with Gasteiger partial charge in [0.25, 0.3) is 11.5 Å². The van der Waals surface area contributed by atoms with Gasteiger partial charge >= 0.3 is 0 Å². The normalized spacial score (nSPS) is 13.8. The summed E-state index contributed by atoms with van der Waals surface area (Å²) < 4.78 is 13.0. The maximum atomic E-state index is 13.4. The van der Waals surface area contributed by atoms with Crippen LogP contribution in [0.3, 0.4) is 0 Å². The van der Waals surface area contributed by atoms with Crippen LogP contribution in [0.5, 0.6) is 5.75 Å². The third-order valence-corrected chi connectivity index (χ3v) is 6.65. The van der Waals surface area contributed by atoms with E-state index in [1.165, 1.54) is 10.9 Å². The molecule has 0 N–H and O–H groups in total. The molecule has 188 valence electrons. The fourth-order valence-corrected chi connectivity index (χ4v) is 4.94. The minimum Gasteiger partial charge on any atom is -0.482 e. The highest BCUT2D eigenvalue weighted by Gasteiger charge is 2.19. The van der Waals surface area contributed by atoms with Gasteiger partial charge in [-0.3, -0.25) is 9.59 Å². The standard InChI is InChI=1S/C27H22BrClN4O4/c28-22-15-20(29)14-19(25(22)37-17-24(34)32-10-12-36-13-11-32)16-30-33-26(18-6-2-1-3-7-18)31-23-9-5-4-8-21(23)27(33)35/h1-9,14-16H,10-13,17H2. The molecule has 1 aliphatic rings. The van der Waals surface area contributed by atoms with Gasteiger partial charge in [-0.2, -0.15) is 9.78 Å². The number of hydrogen-bond acceptors (Lipinski definition) is 6. The van der Waals surface area contributed by atoms with Crippen molar-refractivity contribution in [3.63, 3.8) is 0 Å². The summed E-state index contributed by atoms with van der Waals surface area (Å²) in [5, 5.41) is 5.39. The second-order valence-electron chi connectivity index (χ2n) is 8.27. The maximum Gasteiger partial charge on any atom is 0.282 e. The van der Waals surface area contributed by atoms with Gasteiger partial charge in [0, 0.05) is 29.2 Å². The minimum absolute atomic E-state index is 0.144. The lowest BCUT2D eigenvalue weighted by Gasteiger charge is -2.26. The number of amides is 1. The lowest BCUT2D eigenvalue weighted by molar-refractivity contribution is -0.137. The van der Waals surface area contributed by atoms with Crippen LogP contribution >= 0.6 is 27.5 Å². The predicted molar refractivity (Wildman–Crippen MR) is 146 cm³/mol. The number of hydrogen-bond donors (Lipinski definition) is 0. The van der Waals surface area contributed by atoms with Crippen molar-refractivity contribution in [1.29, 1.82) is 0 Å². The van der Waals surface area contributed by atoms with Crippen LogP contribution in [0.4, 0.5) is 0 Å². The lowest BCUT2D eigenvalue weighted by atomic mass is 10.2. The lowest BCUT2D eigenvalue weighted by Crippen LogP contribution is -2.43. The van der Waals surface area contributed by atoms with Crippen molar-refractivity contribution in [2.45, 2.75) is 0 Å². The highest BCUT2D eigenvalue weighted by Crippen LogP contribution is 2.32. The zero-order valence-corrected chi connectivity index (χ0v) is 22.0. The Morgan fingerprint density at radius 3 is 2.62 bits per heavy atom. The van der Waals surface area contributed by atoms with Crippen molar-refractivity contribution in [3.05, 3.63) is 92.1 Å². The number of nitrogens with zero attached hydrogens (tertiary/aromatic N) is 4. The highest BCUT2D eigenvalue weighted by molar-refractivity contribution is 9.10. The van der Waals surface area contributed by atoms with Crippen LogP contribution in [0.2, 0.25) is 5.02 Å². The molecule has 0 saturated carbocycles. The number of carbonyl (C=O) groups excluding carboxylic acids is 1. The van der Waals surface area contributed by atoms with E-state index in [1.54, 1.807) is 35.2 Å². The summed E-state index contributed by atoms with van der Waals surface area (Å²) in [6.07, 6.45) is 1.48. The maximum absolute atomic E-state index is 13.4. The van der Waals surface area contributed by atoms with E-state index in [2.05, 4.69) is 21.0 Å². The Labute approximate surface area is 226 Å². The van der Waals surface area contributed by atoms with E-state index in [0.717, 1.165) is 5.56 Å². The van der Waals surface area contributed by atoms with Gasteiger partial charge < -0.3 is 14.4 Å². The Morgan fingerprint density at radius 1 is 1.11 bits per heavy atom. The van der Waals surface area contributed by atoms with E-state index in [-0.39, 0.29) is 18.1 Å². The van der Waals surface area contributed by atoms with Gasteiger partial charge in [0.1, 0.15) is 5.75 Å². The average molecular weight is 582 g/mol. The summed E-state index contributed by atoms with van der Waals surface area (Å²) in [6.45, 7) is 1.91. The first kappa shape index (κ1) is 25.1. The third kappa shape index (κ3) is 5.58. The Balaban J connectivity index is 1.53. The number of fused-ring (bicyclic) bond motifs is 1. The van der Waals surface area contributed by atoms with Crippen molar-refractivity contribution in [2.75, 3.05) is 32.9 Å². The zero-order valence-electron chi connectivity index (χ0n) is 19.6. The van der Waals surface area contributed by atoms with E-state index < -0.39 is 0 Å². The summed E-state index contributed by atoms with van der Waals surface area (Å²) >= 11 is 9.78. The largest absolute Gasteiger partial charge is 0.482 e. The van der Waals surface area contributed by atoms with E-state index in [0.29, 0.717) is 63.8 Å². The molecular formula is C27H22BrClN4O4. The first-order chi connectivity index (χ1) is 18.0. The van der Waals surface area contributed by atoms with Gasteiger partial charge in [-0.1, -0.05) is 54.1 Å². The summed E-state index contributed by atoms with van der Waals surface area (Å²) in [5.74, 6) is 0.638. The molecule has 0 aliphatic carbocycles. The average Bonchev–Trinajstić information content (AvgIpc) is 2.92. The van der Waals surface area contributed by atoms with Crippen molar-refractivity contribution >= 4 is 50.6 Å². The SMILES string of the molecule is O=C(COc1c(Br)cc(Cl)cc1C=Nn1c(-c2ccccc2)nc2ccccc2c1=O)N1CCOCC1. The molecule has 2 heterocycles. The molecule has 37 heavy (non-hydrogen) atoms. The molecule has 5 rings (SSSR count). The Kier molecular flexibility index (Phi) is 7.64. The topological polar surface area (TPSA) is 86.0 Å². The first-order valence-corrected chi connectivity index (χ1v) is 12.8.